The summed E-state index contributed by atoms with van der Waals surface area (Å²) in [5.41, 5.74) is 2.24. The fraction of sp³-hybridized carbons (Fsp3) is 0.158. The summed E-state index contributed by atoms with van der Waals surface area (Å²) >= 11 is 0. The van der Waals surface area contributed by atoms with Gasteiger partial charge in [-0.25, -0.2) is 4.79 Å². The highest BCUT2D eigenvalue weighted by Crippen LogP contribution is 2.17. The molecule has 0 bridgehead atoms. The summed E-state index contributed by atoms with van der Waals surface area (Å²) in [4.78, 5) is 23.9. The number of hydrogen-bond acceptors (Lipinski definition) is 2. The first-order valence-electron chi connectivity index (χ1n) is 7.67. The summed E-state index contributed by atoms with van der Waals surface area (Å²) in [7, 11) is 1.90. The minimum atomic E-state index is -1.05. The third-order valence-electron chi connectivity index (χ3n) is 4.04. The van der Waals surface area contributed by atoms with Crippen LogP contribution in [0.25, 0.3) is 10.9 Å². The molecule has 122 valence electrons. The maximum atomic E-state index is 12.4. The Balaban J connectivity index is 1.79. The van der Waals surface area contributed by atoms with E-state index in [0.29, 0.717) is 5.56 Å². The number of hydrogen-bond donors (Lipinski definition) is 2. The monoisotopic (exact) mass is 322 g/mol. The van der Waals surface area contributed by atoms with Crippen LogP contribution >= 0.6 is 0 Å². The molecule has 0 fully saturated rings. The SMILES string of the molecule is Cn1ccc2ccc(C(=O)N[C@@H](Cc3ccccc3)C(=O)O)cc21. The smallest absolute Gasteiger partial charge is 0.326 e. The van der Waals surface area contributed by atoms with Crippen molar-refractivity contribution < 1.29 is 14.7 Å². The topological polar surface area (TPSA) is 71.3 Å². The second-order valence-corrected chi connectivity index (χ2v) is 5.75. The number of nitrogens with zero attached hydrogens (tertiary/aromatic N) is 1. The number of nitrogens with one attached hydrogen (secondary N) is 1. The molecule has 24 heavy (non-hydrogen) atoms. The van der Waals surface area contributed by atoms with Gasteiger partial charge in [0, 0.05) is 30.7 Å². The molecule has 0 aliphatic heterocycles. The number of carboxylic acid groups (broad SMARTS) is 1. The number of aliphatic carboxylic acids is 1. The van der Waals surface area contributed by atoms with Crippen molar-refractivity contribution in [3.63, 3.8) is 0 Å². The molecular weight excluding hydrogens is 304 g/mol. The normalized spacial score (nSPS) is 12.0. The third kappa shape index (κ3) is 3.30. The van der Waals surface area contributed by atoms with Gasteiger partial charge in [-0.3, -0.25) is 4.79 Å². The van der Waals surface area contributed by atoms with Crippen molar-refractivity contribution in [1.29, 1.82) is 0 Å². The second kappa shape index (κ2) is 6.58. The van der Waals surface area contributed by atoms with Gasteiger partial charge in [0.1, 0.15) is 6.04 Å². The zero-order valence-corrected chi connectivity index (χ0v) is 13.3. The molecule has 3 rings (SSSR count). The molecule has 1 heterocycles. The molecule has 5 heteroatoms. The molecule has 2 aromatic carbocycles. The molecule has 0 radical (unpaired) electrons. The summed E-state index contributed by atoms with van der Waals surface area (Å²) in [5.74, 6) is -1.44. The van der Waals surface area contributed by atoms with E-state index < -0.39 is 12.0 Å². The number of rotatable bonds is 5. The molecule has 5 nitrogen and oxygen atoms in total. The molecule has 0 saturated carbocycles. The molecule has 0 saturated heterocycles. The van der Waals surface area contributed by atoms with Crippen LogP contribution in [0.3, 0.4) is 0 Å². The number of aromatic nitrogens is 1. The predicted octanol–water partition coefficient (Wildman–Crippen LogP) is 2.60. The highest BCUT2D eigenvalue weighted by atomic mass is 16.4. The molecule has 0 aliphatic rings. The fourth-order valence-electron chi connectivity index (χ4n) is 2.70. The van der Waals surface area contributed by atoms with Gasteiger partial charge in [-0.2, -0.15) is 0 Å². The van der Waals surface area contributed by atoms with Crippen LogP contribution in [0.4, 0.5) is 0 Å². The van der Waals surface area contributed by atoms with Gasteiger partial charge < -0.3 is 15.0 Å². The Labute approximate surface area is 139 Å². The van der Waals surface area contributed by atoms with Crippen molar-refractivity contribution in [1.82, 2.24) is 9.88 Å². The van der Waals surface area contributed by atoms with Crippen molar-refractivity contribution in [2.75, 3.05) is 0 Å². The zero-order valence-electron chi connectivity index (χ0n) is 13.3. The molecule has 1 aromatic heterocycles. The first-order chi connectivity index (χ1) is 11.5. The molecule has 0 unspecified atom stereocenters. The molecule has 3 aromatic rings. The van der Waals surface area contributed by atoms with Crippen molar-refractivity contribution >= 4 is 22.8 Å². The maximum Gasteiger partial charge on any atom is 0.326 e. The number of aryl methyl sites for hydroxylation is 1. The molecule has 0 aliphatic carbocycles. The van der Waals surface area contributed by atoms with Crippen molar-refractivity contribution in [2.45, 2.75) is 12.5 Å². The van der Waals surface area contributed by atoms with Gasteiger partial charge in [0.25, 0.3) is 5.91 Å². The van der Waals surface area contributed by atoms with Gasteiger partial charge in [-0.05, 0) is 29.1 Å². The Morgan fingerprint density at radius 3 is 2.58 bits per heavy atom. The van der Waals surface area contributed by atoms with Gasteiger partial charge in [-0.1, -0.05) is 36.4 Å². The van der Waals surface area contributed by atoms with Gasteiger partial charge in [0.2, 0.25) is 0 Å². The molecule has 2 N–H and O–H groups in total. The van der Waals surface area contributed by atoms with Crippen LogP contribution in [0.2, 0.25) is 0 Å². The van der Waals surface area contributed by atoms with Gasteiger partial charge in [0.05, 0.1) is 0 Å². The van der Waals surface area contributed by atoms with Crippen molar-refractivity contribution in [3.05, 3.63) is 71.9 Å². The minimum absolute atomic E-state index is 0.244. The summed E-state index contributed by atoms with van der Waals surface area (Å²) in [5, 5.41) is 13.0. The standard InChI is InChI=1S/C19H18N2O3/c1-21-10-9-14-7-8-15(12-17(14)21)18(22)20-16(19(23)24)11-13-5-3-2-4-6-13/h2-10,12,16H,11H2,1H3,(H,20,22)(H,23,24)/t16-/m0/s1. The number of benzene rings is 2. The van der Waals surface area contributed by atoms with Crippen LogP contribution in [-0.2, 0) is 18.3 Å². The Bertz CT molecular complexity index is 884. The van der Waals surface area contributed by atoms with E-state index >= 15 is 0 Å². The van der Waals surface area contributed by atoms with Gasteiger partial charge in [-0.15, -0.1) is 0 Å². The number of carbonyl (C=O) groups excluding carboxylic acids is 1. The Kier molecular flexibility index (Phi) is 4.33. The van der Waals surface area contributed by atoms with Crippen molar-refractivity contribution in [2.24, 2.45) is 7.05 Å². The lowest BCUT2D eigenvalue weighted by Crippen LogP contribution is -2.42. The quantitative estimate of drug-likeness (QED) is 0.758. The summed E-state index contributed by atoms with van der Waals surface area (Å²) in [6.45, 7) is 0. The molecule has 0 spiro atoms. The van der Waals surface area contributed by atoms with Crippen LogP contribution < -0.4 is 5.32 Å². The van der Waals surface area contributed by atoms with Crippen LogP contribution in [0.5, 0.6) is 0 Å². The number of carbonyl (C=O) groups is 2. The third-order valence-corrected chi connectivity index (χ3v) is 4.04. The lowest BCUT2D eigenvalue weighted by atomic mass is 10.1. The summed E-state index contributed by atoms with van der Waals surface area (Å²) < 4.78 is 1.92. The predicted molar refractivity (Wildman–Crippen MR) is 92.0 cm³/mol. The lowest BCUT2D eigenvalue weighted by molar-refractivity contribution is -0.139. The fourth-order valence-corrected chi connectivity index (χ4v) is 2.70. The second-order valence-electron chi connectivity index (χ2n) is 5.75. The van der Waals surface area contributed by atoms with Crippen LogP contribution in [0.1, 0.15) is 15.9 Å². The number of fused-ring (bicyclic) bond motifs is 1. The maximum absolute atomic E-state index is 12.4. The average molecular weight is 322 g/mol. The summed E-state index contributed by atoms with van der Waals surface area (Å²) in [6.07, 6.45) is 2.16. The molecular formula is C19H18N2O3. The van der Waals surface area contributed by atoms with Gasteiger partial charge in [0.15, 0.2) is 0 Å². The van der Waals surface area contributed by atoms with Gasteiger partial charge >= 0.3 is 5.97 Å². The van der Waals surface area contributed by atoms with E-state index in [-0.39, 0.29) is 12.3 Å². The van der Waals surface area contributed by atoms with Crippen molar-refractivity contribution in [3.8, 4) is 0 Å². The number of amides is 1. The average Bonchev–Trinajstić information content (AvgIpc) is 2.95. The summed E-state index contributed by atoms with van der Waals surface area (Å²) in [6, 6.07) is 15.6. The highest BCUT2D eigenvalue weighted by Gasteiger charge is 2.21. The van der Waals surface area contributed by atoms with E-state index in [2.05, 4.69) is 5.32 Å². The molecule has 1 atom stereocenters. The Morgan fingerprint density at radius 1 is 1.12 bits per heavy atom. The van der Waals surface area contributed by atoms with Crippen LogP contribution in [0, 0.1) is 0 Å². The first kappa shape index (κ1) is 15.8. The van der Waals surface area contributed by atoms with E-state index in [1.165, 1.54) is 0 Å². The van der Waals surface area contributed by atoms with E-state index in [4.69, 9.17) is 0 Å². The Hall–Kier alpha value is -3.08. The van der Waals surface area contributed by atoms with E-state index in [0.717, 1.165) is 16.5 Å². The Morgan fingerprint density at radius 2 is 1.88 bits per heavy atom. The zero-order chi connectivity index (χ0) is 17.1. The van der Waals surface area contributed by atoms with Crippen LogP contribution in [-0.4, -0.2) is 27.6 Å². The highest BCUT2D eigenvalue weighted by molar-refractivity contribution is 5.99. The number of carboxylic acids is 1. The van der Waals surface area contributed by atoms with E-state index in [9.17, 15) is 14.7 Å². The lowest BCUT2D eigenvalue weighted by Gasteiger charge is -2.15. The first-order valence-corrected chi connectivity index (χ1v) is 7.67. The van der Waals surface area contributed by atoms with E-state index in [1.54, 1.807) is 12.1 Å². The molecule has 1 amide bonds. The minimum Gasteiger partial charge on any atom is -0.480 e. The van der Waals surface area contributed by atoms with Crippen LogP contribution in [0.15, 0.2) is 60.8 Å². The largest absolute Gasteiger partial charge is 0.480 e. The van der Waals surface area contributed by atoms with E-state index in [1.807, 2.05) is 60.3 Å².